The van der Waals surface area contributed by atoms with Crippen molar-refractivity contribution in [2.75, 3.05) is 0 Å². The molecular formula is C22H12F8Ti. The second-order valence-electron chi connectivity index (χ2n) is 7.09. The number of rotatable bonds is 4. The van der Waals surface area contributed by atoms with E-state index in [-0.39, 0.29) is 12.8 Å². The maximum atomic E-state index is 15.1. The van der Waals surface area contributed by atoms with E-state index in [9.17, 15) is 26.3 Å². The Morgan fingerprint density at radius 2 is 0.903 bits per heavy atom. The van der Waals surface area contributed by atoms with Gasteiger partial charge >= 0.3 is 175 Å². The summed E-state index contributed by atoms with van der Waals surface area (Å²) in [5, 5.41) is 0. The van der Waals surface area contributed by atoms with E-state index in [1.54, 1.807) is 12.2 Å². The van der Waals surface area contributed by atoms with Gasteiger partial charge in [0.25, 0.3) is 0 Å². The normalized spacial score (nSPS) is 15.6. The van der Waals surface area contributed by atoms with Crippen molar-refractivity contribution < 1.29 is 51.7 Å². The molecule has 4 rings (SSSR count). The zero-order chi connectivity index (χ0) is 22.5. The van der Waals surface area contributed by atoms with Crippen molar-refractivity contribution >= 4 is 7.74 Å². The molecule has 2 aromatic carbocycles. The van der Waals surface area contributed by atoms with Gasteiger partial charge in [-0.25, -0.2) is 0 Å². The van der Waals surface area contributed by atoms with Crippen LogP contribution in [0.5, 0.6) is 0 Å². The van der Waals surface area contributed by atoms with Crippen molar-refractivity contribution in [3.63, 3.8) is 0 Å². The summed E-state index contributed by atoms with van der Waals surface area (Å²) in [6.07, 6.45) is 9.32. The minimum absolute atomic E-state index is 0.0808. The van der Waals surface area contributed by atoms with Crippen molar-refractivity contribution in [3.8, 4) is 0 Å². The number of benzene rings is 2. The van der Waals surface area contributed by atoms with Crippen LogP contribution in [0, 0.1) is 46.5 Å². The summed E-state index contributed by atoms with van der Waals surface area (Å²) >= 11 is -5.13. The Morgan fingerprint density at radius 1 is 0.516 bits per heavy atom. The summed E-state index contributed by atoms with van der Waals surface area (Å²) in [5.41, 5.74) is 0. The Labute approximate surface area is 175 Å². The molecule has 9 heteroatoms. The number of hydrogen-bond acceptors (Lipinski definition) is 0. The number of allylic oxidation sites excluding steroid dienone is 8. The van der Waals surface area contributed by atoms with E-state index in [1.807, 2.05) is 0 Å². The SMILES string of the molecule is Fc1c[c]([Ti]([C]2=CC=CC2)([C]2=CC=CC2)[c]2cc(F)c(F)c(F)c2F)c(F)c(F)c1F. The van der Waals surface area contributed by atoms with Gasteiger partial charge in [-0.3, -0.25) is 0 Å². The Bertz CT molecular complexity index is 1130. The molecule has 2 aliphatic carbocycles. The van der Waals surface area contributed by atoms with Gasteiger partial charge in [0, 0.05) is 0 Å². The predicted molar refractivity (Wildman–Crippen MR) is 95.5 cm³/mol. The van der Waals surface area contributed by atoms with Crippen molar-refractivity contribution in [1.29, 1.82) is 0 Å². The Morgan fingerprint density at radius 3 is 1.23 bits per heavy atom. The fourth-order valence-electron chi connectivity index (χ4n) is 4.19. The monoisotopic (exact) mass is 476 g/mol. The van der Waals surface area contributed by atoms with Crippen LogP contribution in [0.15, 0.2) is 56.3 Å². The first kappa shape index (κ1) is 21.8. The Hall–Kier alpha value is -2.45. The quantitative estimate of drug-likeness (QED) is 0.234. The number of halogens is 8. The average molecular weight is 476 g/mol. The zero-order valence-corrected chi connectivity index (χ0v) is 17.1. The van der Waals surface area contributed by atoms with E-state index in [4.69, 9.17) is 0 Å². The summed E-state index contributed by atoms with van der Waals surface area (Å²) in [6, 6.07) is 0.815. The standard InChI is InChI=1S/2C6HF4.2C5H5.Ti/c2*7-3-1-2-4(8)6(10)5(3)9;2*1-2-4-5-3-1;/h2*1H;2*1-3H,4H2;. The van der Waals surface area contributed by atoms with Crippen LogP contribution in [0.2, 0.25) is 0 Å². The van der Waals surface area contributed by atoms with Crippen LogP contribution in [0.4, 0.5) is 35.1 Å². The molecule has 2 aromatic rings. The van der Waals surface area contributed by atoms with Crippen LogP contribution >= 0.6 is 0 Å². The third-order valence-corrected chi connectivity index (χ3v) is 13.3. The van der Waals surface area contributed by atoms with Crippen LogP contribution in [0.25, 0.3) is 0 Å². The fourth-order valence-corrected chi connectivity index (χ4v) is 12.3. The van der Waals surface area contributed by atoms with Crippen LogP contribution in [-0.4, -0.2) is 0 Å². The van der Waals surface area contributed by atoms with Gasteiger partial charge in [-0.2, -0.15) is 0 Å². The van der Waals surface area contributed by atoms with E-state index in [1.165, 1.54) is 24.3 Å². The second-order valence-corrected chi connectivity index (χ2v) is 13.1. The van der Waals surface area contributed by atoms with Gasteiger partial charge in [0.15, 0.2) is 0 Å². The molecule has 0 atom stereocenters. The van der Waals surface area contributed by atoms with Crippen molar-refractivity contribution in [1.82, 2.24) is 0 Å². The summed E-state index contributed by atoms with van der Waals surface area (Å²) in [5.74, 6) is -15.4. The van der Waals surface area contributed by atoms with Crippen LogP contribution in [0.1, 0.15) is 12.8 Å². The predicted octanol–water partition coefficient (Wildman–Crippen LogP) is 5.59. The first-order chi connectivity index (χ1) is 14.7. The molecule has 0 fully saturated rings. The van der Waals surface area contributed by atoms with E-state index in [2.05, 4.69) is 0 Å². The molecule has 0 unspecified atom stereocenters. The molecule has 0 radical (unpaired) electrons. The Balaban J connectivity index is 2.21. The summed E-state index contributed by atoms with van der Waals surface area (Å²) in [6.45, 7) is 0. The molecule has 0 saturated heterocycles. The molecular weight excluding hydrogens is 464 g/mol. The first-order valence-electron chi connectivity index (χ1n) is 9.10. The Kier molecular flexibility index (Phi) is 5.56. The van der Waals surface area contributed by atoms with Crippen molar-refractivity contribution in [3.05, 3.63) is 103 Å². The molecule has 0 nitrogen and oxygen atoms in total. The molecule has 0 aliphatic heterocycles. The summed E-state index contributed by atoms with van der Waals surface area (Å²) in [7, 11) is 0. The average Bonchev–Trinajstić information content (AvgIpc) is 3.47. The molecule has 0 N–H and O–H groups in total. The van der Waals surface area contributed by atoms with E-state index in [0.29, 0.717) is 19.9 Å². The van der Waals surface area contributed by atoms with Gasteiger partial charge in [0.1, 0.15) is 0 Å². The molecule has 31 heavy (non-hydrogen) atoms. The van der Waals surface area contributed by atoms with Crippen molar-refractivity contribution in [2.45, 2.75) is 12.8 Å². The molecule has 0 bridgehead atoms. The molecule has 0 saturated carbocycles. The molecule has 2 aliphatic rings. The minimum atomic E-state index is -5.13. The van der Waals surface area contributed by atoms with Gasteiger partial charge in [0.2, 0.25) is 0 Å². The van der Waals surface area contributed by atoms with Gasteiger partial charge in [0.05, 0.1) is 0 Å². The van der Waals surface area contributed by atoms with Crippen LogP contribution < -0.4 is 7.74 Å². The van der Waals surface area contributed by atoms with Crippen LogP contribution in [-0.2, 0) is 16.6 Å². The van der Waals surface area contributed by atoms with Gasteiger partial charge in [-0.05, 0) is 0 Å². The topological polar surface area (TPSA) is 0 Å². The molecule has 0 aromatic heterocycles. The molecule has 0 heterocycles. The molecule has 0 spiro atoms. The van der Waals surface area contributed by atoms with Gasteiger partial charge in [-0.15, -0.1) is 0 Å². The van der Waals surface area contributed by atoms with Crippen LogP contribution in [0.3, 0.4) is 0 Å². The third-order valence-electron chi connectivity index (χ3n) is 5.52. The molecule has 0 amide bonds. The molecule has 160 valence electrons. The number of hydrogen-bond donors (Lipinski definition) is 0. The van der Waals surface area contributed by atoms with Gasteiger partial charge < -0.3 is 0 Å². The zero-order valence-electron chi connectivity index (χ0n) is 15.6. The van der Waals surface area contributed by atoms with Gasteiger partial charge in [-0.1, -0.05) is 0 Å². The summed E-state index contributed by atoms with van der Waals surface area (Å²) in [4.78, 5) is 0. The van der Waals surface area contributed by atoms with Crippen molar-refractivity contribution in [2.24, 2.45) is 0 Å². The third kappa shape index (κ3) is 3.15. The summed E-state index contributed by atoms with van der Waals surface area (Å²) < 4.78 is 114. The van der Waals surface area contributed by atoms with E-state index < -0.39 is 70.9 Å². The van der Waals surface area contributed by atoms with E-state index >= 15 is 8.78 Å². The fraction of sp³-hybridized carbons (Fsp3) is 0.0909. The first-order valence-corrected chi connectivity index (χ1v) is 12.2. The van der Waals surface area contributed by atoms with E-state index in [0.717, 1.165) is 0 Å². The maximum absolute atomic E-state index is 15.1. The second kappa shape index (κ2) is 7.91.